The Labute approximate surface area is 127 Å². The third kappa shape index (κ3) is 5.23. The van der Waals surface area contributed by atoms with Gasteiger partial charge in [0, 0.05) is 33.0 Å². The van der Waals surface area contributed by atoms with Crippen LogP contribution in [0.25, 0.3) is 6.08 Å². The molecule has 0 fully saturated rings. The van der Waals surface area contributed by atoms with Crippen LogP contribution in [0.15, 0.2) is 53.4 Å². The van der Waals surface area contributed by atoms with E-state index in [1.165, 1.54) is 9.77 Å². The maximum Gasteiger partial charge on any atom is 0.244 e. The first kappa shape index (κ1) is 14.9. The second kappa shape index (κ2) is 7.92. The Kier molecular flexibility index (Phi) is 5.89. The Hall–Kier alpha value is -1.52. The van der Waals surface area contributed by atoms with Crippen molar-refractivity contribution in [3.05, 3.63) is 58.3 Å². The van der Waals surface area contributed by atoms with E-state index in [-0.39, 0.29) is 5.91 Å². The van der Waals surface area contributed by atoms with Crippen molar-refractivity contribution in [1.82, 2.24) is 5.32 Å². The number of rotatable bonds is 6. The third-order valence-electron chi connectivity index (χ3n) is 2.57. The third-order valence-corrected chi connectivity index (χ3v) is 4.55. The van der Waals surface area contributed by atoms with Gasteiger partial charge in [-0.3, -0.25) is 4.79 Å². The summed E-state index contributed by atoms with van der Waals surface area (Å²) in [5.74, 6) is 0.839. The molecule has 1 aromatic heterocycles. The maximum atomic E-state index is 11.6. The molecule has 0 aliphatic heterocycles. The normalized spacial score (nSPS) is 10.8. The van der Waals surface area contributed by atoms with Gasteiger partial charge in [0.15, 0.2) is 0 Å². The van der Waals surface area contributed by atoms with Crippen molar-refractivity contribution in [3.8, 4) is 0 Å². The highest BCUT2D eigenvalue weighted by molar-refractivity contribution is 7.99. The highest BCUT2D eigenvalue weighted by Gasteiger charge is 1.97. The van der Waals surface area contributed by atoms with Gasteiger partial charge < -0.3 is 5.32 Å². The van der Waals surface area contributed by atoms with Crippen LogP contribution in [-0.4, -0.2) is 18.2 Å². The van der Waals surface area contributed by atoms with Gasteiger partial charge in [0.1, 0.15) is 0 Å². The van der Waals surface area contributed by atoms with Gasteiger partial charge in [-0.15, -0.1) is 23.1 Å². The molecule has 104 valence electrons. The van der Waals surface area contributed by atoms with E-state index >= 15 is 0 Å². The van der Waals surface area contributed by atoms with E-state index in [4.69, 9.17) is 0 Å². The predicted molar refractivity (Wildman–Crippen MR) is 88.3 cm³/mol. The number of aryl methyl sites for hydroxylation is 1. The van der Waals surface area contributed by atoms with Crippen LogP contribution in [0.5, 0.6) is 0 Å². The van der Waals surface area contributed by atoms with Gasteiger partial charge in [0.25, 0.3) is 0 Å². The number of thioether (sulfide) groups is 1. The van der Waals surface area contributed by atoms with E-state index in [9.17, 15) is 4.79 Å². The zero-order chi connectivity index (χ0) is 14.2. The van der Waals surface area contributed by atoms with Crippen LogP contribution in [0.4, 0.5) is 0 Å². The summed E-state index contributed by atoms with van der Waals surface area (Å²) in [5.41, 5.74) is 0. The van der Waals surface area contributed by atoms with Crippen LogP contribution in [0.3, 0.4) is 0 Å². The molecule has 0 saturated heterocycles. The minimum atomic E-state index is -0.0373. The summed E-state index contributed by atoms with van der Waals surface area (Å²) in [7, 11) is 0. The summed E-state index contributed by atoms with van der Waals surface area (Å²) in [6.07, 6.45) is 3.45. The topological polar surface area (TPSA) is 29.1 Å². The van der Waals surface area contributed by atoms with Gasteiger partial charge in [-0.1, -0.05) is 18.2 Å². The molecular formula is C16H17NOS2. The van der Waals surface area contributed by atoms with E-state index in [0.717, 1.165) is 10.6 Å². The smallest absolute Gasteiger partial charge is 0.244 e. The van der Waals surface area contributed by atoms with E-state index < -0.39 is 0 Å². The van der Waals surface area contributed by atoms with Crippen LogP contribution in [-0.2, 0) is 4.79 Å². The zero-order valence-corrected chi connectivity index (χ0v) is 13.0. The van der Waals surface area contributed by atoms with Crippen molar-refractivity contribution >= 4 is 35.1 Å². The molecule has 2 nitrogen and oxygen atoms in total. The molecule has 0 unspecified atom stereocenters. The first-order valence-electron chi connectivity index (χ1n) is 6.44. The number of benzene rings is 1. The highest BCUT2D eigenvalue weighted by Crippen LogP contribution is 2.16. The fourth-order valence-electron chi connectivity index (χ4n) is 1.62. The lowest BCUT2D eigenvalue weighted by Gasteiger charge is -2.02. The number of amides is 1. The molecule has 20 heavy (non-hydrogen) atoms. The Bertz CT molecular complexity index is 575. The van der Waals surface area contributed by atoms with Gasteiger partial charge in [-0.05, 0) is 37.3 Å². The highest BCUT2D eigenvalue weighted by atomic mass is 32.2. The minimum absolute atomic E-state index is 0.0373. The van der Waals surface area contributed by atoms with Crippen LogP contribution >= 0.6 is 23.1 Å². The molecule has 1 aromatic carbocycles. The van der Waals surface area contributed by atoms with Gasteiger partial charge in [-0.2, -0.15) is 0 Å². The molecule has 0 bridgehead atoms. The van der Waals surface area contributed by atoms with Crippen molar-refractivity contribution in [2.45, 2.75) is 11.8 Å². The molecule has 4 heteroatoms. The molecule has 2 rings (SSSR count). The molecule has 2 aromatic rings. The number of hydrogen-bond acceptors (Lipinski definition) is 3. The zero-order valence-electron chi connectivity index (χ0n) is 11.3. The average molecular weight is 303 g/mol. The summed E-state index contributed by atoms with van der Waals surface area (Å²) in [5, 5.41) is 2.89. The van der Waals surface area contributed by atoms with E-state index in [1.54, 1.807) is 29.2 Å². The molecule has 1 N–H and O–H groups in total. The fourth-order valence-corrected chi connectivity index (χ4v) is 3.19. The quantitative estimate of drug-likeness (QED) is 0.497. The molecule has 0 atom stereocenters. The number of thiophene rings is 1. The molecule has 1 amide bonds. The molecule has 0 spiro atoms. The molecule has 1 heterocycles. The standard InChI is InChI=1S/C16H17NOS2/c1-13-7-8-15(20-13)9-10-16(18)17-11-12-19-14-5-3-2-4-6-14/h2-10H,11-12H2,1H3,(H,17,18)/b10-9+. The molecule has 0 saturated carbocycles. The SMILES string of the molecule is Cc1ccc(/C=C/C(=O)NCCSc2ccccc2)s1. The van der Waals surface area contributed by atoms with Gasteiger partial charge in [0.05, 0.1) is 0 Å². The van der Waals surface area contributed by atoms with Crippen molar-refractivity contribution in [1.29, 1.82) is 0 Å². The second-order valence-corrected chi connectivity index (χ2v) is 6.72. The van der Waals surface area contributed by atoms with Crippen LogP contribution in [0, 0.1) is 6.92 Å². The van der Waals surface area contributed by atoms with Crippen LogP contribution < -0.4 is 5.32 Å². The first-order valence-corrected chi connectivity index (χ1v) is 8.24. The van der Waals surface area contributed by atoms with E-state index in [2.05, 4.69) is 30.4 Å². The Morgan fingerprint density at radius 2 is 2.05 bits per heavy atom. The lowest BCUT2D eigenvalue weighted by molar-refractivity contribution is -0.116. The molecule has 0 radical (unpaired) electrons. The molecule has 0 aliphatic rings. The second-order valence-electron chi connectivity index (χ2n) is 4.23. The first-order chi connectivity index (χ1) is 9.74. The Morgan fingerprint density at radius 3 is 2.75 bits per heavy atom. The van der Waals surface area contributed by atoms with Crippen LogP contribution in [0.2, 0.25) is 0 Å². The maximum absolute atomic E-state index is 11.6. The van der Waals surface area contributed by atoms with Crippen molar-refractivity contribution < 1.29 is 4.79 Å². The number of hydrogen-bond donors (Lipinski definition) is 1. The minimum Gasteiger partial charge on any atom is -0.352 e. The lowest BCUT2D eigenvalue weighted by Crippen LogP contribution is -2.23. The lowest BCUT2D eigenvalue weighted by atomic mass is 10.4. The Balaban J connectivity index is 1.66. The Morgan fingerprint density at radius 1 is 1.25 bits per heavy atom. The fraction of sp³-hybridized carbons (Fsp3) is 0.188. The summed E-state index contributed by atoms with van der Waals surface area (Å²) in [4.78, 5) is 15.2. The van der Waals surface area contributed by atoms with Gasteiger partial charge in [0.2, 0.25) is 5.91 Å². The van der Waals surface area contributed by atoms with Crippen molar-refractivity contribution in [3.63, 3.8) is 0 Å². The van der Waals surface area contributed by atoms with Crippen LogP contribution in [0.1, 0.15) is 9.75 Å². The monoisotopic (exact) mass is 303 g/mol. The summed E-state index contributed by atoms with van der Waals surface area (Å²) < 4.78 is 0. The largest absolute Gasteiger partial charge is 0.352 e. The van der Waals surface area contributed by atoms with E-state index in [1.807, 2.05) is 30.3 Å². The van der Waals surface area contributed by atoms with Crippen molar-refractivity contribution in [2.75, 3.05) is 12.3 Å². The molecule has 0 aliphatic carbocycles. The summed E-state index contributed by atoms with van der Waals surface area (Å²) in [6, 6.07) is 14.3. The summed E-state index contributed by atoms with van der Waals surface area (Å²) in [6.45, 7) is 2.73. The summed E-state index contributed by atoms with van der Waals surface area (Å²) >= 11 is 3.43. The number of nitrogens with one attached hydrogen (secondary N) is 1. The number of carbonyl (C=O) groups excluding carboxylic acids is 1. The van der Waals surface area contributed by atoms with Gasteiger partial charge >= 0.3 is 0 Å². The molecular weight excluding hydrogens is 286 g/mol. The van der Waals surface area contributed by atoms with Gasteiger partial charge in [-0.25, -0.2) is 0 Å². The average Bonchev–Trinajstić information content (AvgIpc) is 2.88. The van der Waals surface area contributed by atoms with Crippen molar-refractivity contribution in [2.24, 2.45) is 0 Å². The predicted octanol–water partition coefficient (Wildman–Crippen LogP) is 3.98. The number of carbonyl (C=O) groups is 1. The van der Waals surface area contributed by atoms with E-state index in [0.29, 0.717) is 6.54 Å².